The van der Waals surface area contributed by atoms with E-state index in [1.54, 1.807) is 18.2 Å². The lowest BCUT2D eigenvalue weighted by Crippen LogP contribution is -2.65. The summed E-state index contributed by atoms with van der Waals surface area (Å²) in [6.45, 7) is 11.4. The quantitative estimate of drug-likeness (QED) is 0.0357. The van der Waals surface area contributed by atoms with Gasteiger partial charge in [0, 0.05) is 19.5 Å². The Morgan fingerprint density at radius 2 is 1.80 bits per heavy atom. The second kappa shape index (κ2) is 17.0. The van der Waals surface area contributed by atoms with Crippen molar-refractivity contribution in [3.63, 3.8) is 0 Å². The number of nitrogens with zero attached hydrogens (tertiary/aromatic N) is 2. The highest BCUT2D eigenvalue weighted by molar-refractivity contribution is 7.89. The van der Waals surface area contributed by atoms with E-state index >= 15 is 0 Å². The van der Waals surface area contributed by atoms with Gasteiger partial charge >= 0.3 is 7.12 Å². The van der Waals surface area contributed by atoms with E-state index in [9.17, 15) is 22.9 Å². The molecule has 1 heterocycles. The first-order valence-corrected chi connectivity index (χ1v) is 19.5. The van der Waals surface area contributed by atoms with Crippen LogP contribution < -0.4 is 26.5 Å². The molecule has 1 aliphatic heterocycles. The van der Waals surface area contributed by atoms with E-state index in [-0.39, 0.29) is 59.6 Å². The molecule has 14 nitrogen and oxygen atoms in total. The van der Waals surface area contributed by atoms with Crippen molar-refractivity contribution in [2.75, 3.05) is 20.1 Å². The Morgan fingerprint density at radius 1 is 1.08 bits per heavy atom. The van der Waals surface area contributed by atoms with Crippen molar-refractivity contribution in [2.45, 2.75) is 121 Å². The topological polar surface area (TPSA) is 193 Å². The Bertz CT molecular complexity index is 1480. The standard InChI is InChI=1S/C34H56BN7O7S/c1-23(2)20-29(35-48-28-22-24-21-27(33(24,3)4)34(28,5)49-35)40-31(44)26(16-13-18-37-32(36)41-42(6)45)39-30(43)17-11-8-12-19-38-50(46,47)25-14-9-7-10-15-25/h7,9-10,14-15,23-24,26-29,38H,8,11-13,16-22H2,1-6H3,(H4-,36,37,39,40,41,43,44,45)/p+1/t24-,26-,27-,28+,29-,34-/m0/s1. The van der Waals surface area contributed by atoms with Gasteiger partial charge < -0.3 is 25.7 Å². The van der Waals surface area contributed by atoms with Crippen molar-refractivity contribution in [3.8, 4) is 0 Å². The molecule has 3 saturated carbocycles. The number of benzene rings is 1. The molecule has 50 heavy (non-hydrogen) atoms. The van der Waals surface area contributed by atoms with Gasteiger partial charge in [-0.1, -0.05) is 57.7 Å². The van der Waals surface area contributed by atoms with Gasteiger partial charge in [0.1, 0.15) is 10.9 Å². The van der Waals surface area contributed by atoms with Crippen LogP contribution in [0.4, 0.5) is 0 Å². The number of nitroso groups, excluding NO2 is 1. The van der Waals surface area contributed by atoms with Gasteiger partial charge in [-0.2, -0.15) is 0 Å². The Balaban J connectivity index is 1.33. The van der Waals surface area contributed by atoms with E-state index < -0.39 is 34.7 Å². The molecule has 1 aromatic carbocycles. The van der Waals surface area contributed by atoms with Gasteiger partial charge in [-0.25, -0.2) is 18.1 Å². The second-order valence-electron chi connectivity index (χ2n) is 15.2. The lowest BCUT2D eigenvalue weighted by Gasteiger charge is -2.64. The molecular weight excluding hydrogens is 661 g/mol. The molecule has 4 fully saturated rings. The molecule has 16 heteroatoms. The number of hydrogen-bond donors (Lipinski definition) is 5. The monoisotopic (exact) mass is 718 g/mol. The van der Waals surface area contributed by atoms with Gasteiger partial charge in [-0.05, 0) is 87.2 Å². The van der Waals surface area contributed by atoms with Crippen LogP contribution in [0.2, 0.25) is 0 Å². The fourth-order valence-electron chi connectivity index (χ4n) is 7.80. The molecule has 1 aromatic rings. The summed E-state index contributed by atoms with van der Waals surface area (Å²) in [5.41, 5.74) is 7.85. The highest BCUT2D eigenvalue weighted by Gasteiger charge is 2.68. The average molecular weight is 719 g/mol. The molecule has 2 bridgehead atoms. The molecule has 0 aromatic heterocycles. The van der Waals surface area contributed by atoms with Crippen molar-refractivity contribution < 1.29 is 32.2 Å². The van der Waals surface area contributed by atoms with Crippen LogP contribution in [0.5, 0.6) is 0 Å². The van der Waals surface area contributed by atoms with Crippen LogP contribution in [0.1, 0.15) is 92.4 Å². The van der Waals surface area contributed by atoms with Gasteiger partial charge in [0.05, 0.1) is 27.4 Å². The van der Waals surface area contributed by atoms with Crippen molar-refractivity contribution in [2.24, 2.45) is 33.9 Å². The molecule has 6 atom stereocenters. The van der Waals surface area contributed by atoms with Crippen molar-refractivity contribution in [1.82, 2.24) is 20.8 Å². The predicted molar refractivity (Wildman–Crippen MR) is 192 cm³/mol. The average Bonchev–Trinajstić information content (AvgIpc) is 3.41. The van der Waals surface area contributed by atoms with Gasteiger partial charge in [0.2, 0.25) is 34.8 Å². The van der Waals surface area contributed by atoms with Crippen LogP contribution in [0, 0.1) is 28.1 Å². The Kier molecular flexibility index (Phi) is 13.5. The zero-order valence-electron chi connectivity index (χ0n) is 30.4. The lowest BCUT2D eigenvalue weighted by atomic mass is 9.43. The normalized spacial score (nSPS) is 25.3. The molecule has 3 aliphatic carbocycles. The molecule has 4 aliphatic rings. The van der Waals surface area contributed by atoms with Crippen LogP contribution in [-0.2, 0) is 28.9 Å². The number of sulfonamides is 1. The fraction of sp³-hybridized carbons (Fsp3) is 0.735. The number of nitrogens with one attached hydrogen (secondary N) is 4. The maximum atomic E-state index is 13.9. The summed E-state index contributed by atoms with van der Waals surface area (Å²) in [7, 11) is -2.92. The largest absolute Gasteiger partial charge is 0.481 e. The third-order valence-electron chi connectivity index (χ3n) is 10.6. The minimum Gasteiger partial charge on any atom is -0.404 e. The molecule has 278 valence electrons. The van der Waals surface area contributed by atoms with E-state index in [0.717, 1.165) is 12.8 Å². The minimum atomic E-state index is -3.58. The number of guanidine groups is 1. The summed E-state index contributed by atoms with van der Waals surface area (Å²) in [6.07, 6.45) is 5.30. The fourth-order valence-corrected chi connectivity index (χ4v) is 8.90. The minimum absolute atomic E-state index is 0.0231. The van der Waals surface area contributed by atoms with E-state index in [2.05, 4.69) is 60.4 Å². The second-order valence-corrected chi connectivity index (χ2v) is 17.0. The highest BCUT2D eigenvalue weighted by atomic mass is 32.2. The molecule has 0 unspecified atom stereocenters. The summed E-state index contributed by atoms with van der Waals surface area (Å²) in [4.78, 5) is 42.9. The summed E-state index contributed by atoms with van der Waals surface area (Å²) in [5.74, 6) is 0.191. The zero-order chi connectivity index (χ0) is 36.7. The van der Waals surface area contributed by atoms with E-state index in [0.29, 0.717) is 55.2 Å². The van der Waals surface area contributed by atoms with Crippen molar-refractivity contribution in [3.05, 3.63) is 35.2 Å². The number of rotatable bonds is 19. The zero-order valence-corrected chi connectivity index (χ0v) is 31.3. The summed E-state index contributed by atoms with van der Waals surface area (Å²) in [5, 5.41) is 6.08. The Morgan fingerprint density at radius 3 is 2.46 bits per heavy atom. The highest BCUT2D eigenvalue weighted by Crippen LogP contribution is 2.65. The Hall–Kier alpha value is -3.08. The smallest absolute Gasteiger partial charge is 0.404 e. The predicted octanol–water partition coefficient (Wildman–Crippen LogP) is 2.82. The summed E-state index contributed by atoms with van der Waals surface area (Å²) >= 11 is 0. The van der Waals surface area contributed by atoms with Crippen LogP contribution >= 0.6 is 0 Å². The number of unbranched alkanes of at least 4 members (excludes halogenated alkanes) is 2. The van der Waals surface area contributed by atoms with Crippen LogP contribution in [0.15, 0.2) is 40.2 Å². The number of amides is 2. The summed E-state index contributed by atoms with van der Waals surface area (Å²) in [6, 6.07) is 7.33. The SMILES string of the molecule is CC(C)C[C@H](NC(=O)[C@H](CCCN=C(N)N[N+](C)=O)NC(=O)CCCCCNS(=O)(=O)c1ccccc1)B1O[C@@H]2C[C@@H]3C[C@@H](C3(C)C)[C@]2(C)O1. The summed E-state index contributed by atoms with van der Waals surface area (Å²) < 4.78 is 40.7. The number of carbonyl (C=O) groups is 2. The molecule has 5 rings (SSSR count). The molecule has 0 radical (unpaired) electrons. The van der Waals surface area contributed by atoms with Crippen LogP contribution in [0.25, 0.3) is 0 Å². The lowest BCUT2D eigenvalue weighted by molar-refractivity contribution is -0.562. The van der Waals surface area contributed by atoms with E-state index in [1.165, 1.54) is 19.2 Å². The third-order valence-corrected chi connectivity index (χ3v) is 12.1. The third kappa shape index (κ3) is 10.0. The van der Waals surface area contributed by atoms with Crippen molar-refractivity contribution in [1.29, 1.82) is 0 Å². The molecule has 1 saturated heterocycles. The van der Waals surface area contributed by atoms with Crippen molar-refractivity contribution >= 4 is 34.9 Å². The van der Waals surface area contributed by atoms with Gasteiger partial charge in [0.25, 0.3) is 0 Å². The van der Waals surface area contributed by atoms with Gasteiger partial charge in [-0.15, -0.1) is 0 Å². The maximum Gasteiger partial charge on any atom is 0.481 e. The molecule has 0 spiro atoms. The maximum absolute atomic E-state index is 13.9. The number of hydrogen-bond acceptors (Lipinski definition) is 8. The van der Waals surface area contributed by atoms with Gasteiger partial charge in [0.15, 0.2) is 0 Å². The van der Waals surface area contributed by atoms with E-state index in [4.69, 9.17) is 15.0 Å². The molecule has 2 amide bonds. The number of carbonyl (C=O) groups excluding carboxylic acids is 2. The number of hydrazine groups is 1. The molecular formula is C34H57BN7O7S+. The first-order valence-electron chi connectivity index (χ1n) is 18.0. The molecule has 6 N–H and O–H groups in total. The Labute approximate surface area is 297 Å². The first kappa shape index (κ1) is 39.7. The number of aliphatic imine (C=N–C) groups is 1. The van der Waals surface area contributed by atoms with Crippen LogP contribution in [-0.4, -0.2) is 82.0 Å². The van der Waals surface area contributed by atoms with E-state index in [1.807, 2.05) is 0 Å². The van der Waals surface area contributed by atoms with Crippen LogP contribution in [0.3, 0.4) is 0 Å². The number of nitrogens with two attached hydrogens (primary N) is 1. The van der Waals surface area contributed by atoms with Gasteiger partial charge in [-0.3, -0.25) is 9.59 Å². The first-order chi connectivity index (χ1) is 23.5.